The van der Waals surface area contributed by atoms with Crippen LogP contribution in [0.1, 0.15) is 17.3 Å². The Hall–Kier alpha value is -3.60. The third kappa shape index (κ3) is 5.95. The van der Waals surface area contributed by atoms with Crippen molar-refractivity contribution in [2.75, 3.05) is 30.3 Å². The molecular formula is C20H19BrN6O4. The Morgan fingerprint density at radius 2 is 1.84 bits per heavy atom. The van der Waals surface area contributed by atoms with Crippen molar-refractivity contribution in [2.45, 2.75) is 6.92 Å². The molecule has 2 aromatic heterocycles. The van der Waals surface area contributed by atoms with Crippen molar-refractivity contribution >= 4 is 39.4 Å². The molecule has 0 radical (unpaired) electrons. The van der Waals surface area contributed by atoms with Crippen molar-refractivity contribution in [3.8, 4) is 11.3 Å². The molecule has 0 unspecified atom stereocenters. The first-order chi connectivity index (χ1) is 15.0. The van der Waals surface area contributed by atoms with Gasteiger partial charge in [0.05, 0.1) is 17.2 Å². The van der Waals surface area contributed by atoms with E-state index < -0.39 is 10.9 Å². The first-order valence-corrected chi connectivity index (χ1v) is 10.2. The molecule has 2 N–H and O–H groups in total. The molecular weight excluding hydrogens is 468 g/mol. The van der Waals surface area contributed by atoms with E-state index in [0.717, 1.165) is 10.0 Å². The second-order valence-electron chi connectivity index (χ2n) is 6.20. The van der Waals surface area contributed by atoms with Crippen LogP contribution >= 0.6 is 15.9 Å². The van der Waals surface area contributed by atoms with Gasteiger partial charge in [0.1, 0.15) is 17.6 Å². The van der Waals surface area contributed by atoms with Gasteiger partial charge in [-0.2, -0.15) is 0 Å². The lowest BCUT2D eigenvalue weighted by Gasteiger charge is -2.11. The molecule has 0 amide bonds. The highest BCUT2D eigenvalue weighted by molar-refractivity contribution is 9.10. The molecule has 1 aromatic carbocycles. The zero-order valence-electron chi connectivity index (χ0n) is 16.5. The number of halogens is 1. The van der Waals surface area contributed by atoms with Crippen LogP contribution in [0.4, 0.5) is 17.5 Å². The van der Waals surface area contributed by atoms with Gasteiger partial charge in [0, 0.05) is 35.4 Å². The second kappa shape index (κ2) is 10.4. The molecule has 0 spiro atoms. The van der Waals surface area contributed by atoms with Crippen molar-refractivity contribution in [1.29, 1.82) is 0 Å². The van der Waals surface area contributed by atoms with Crippen molar-refractivity contribution in [2.24, 2.45) is 0 Å². The third-order valence-electron chi connectivity index (χ3n) is 4.07. The van der Waals surface area contributed by atoms with Gasteiger partial charge in [0.25, 0.3) is 5.69 Å². The molecule has 160 valence electrons. The van der Waals surface area contributed by atoms with E-state index >= 15 is 0 Å². The predicted octanol–water partition coefficient (Wildman–Crippen LogP) is 3.91. The summed E-state index contributed by atoms with van der Waals surface area (Å²) in [5, 5.41) is 16.8. The van der Waals surface area contributed by atoms with E-state index in [9.17, 15) is 14.9 Å². The number of nitro groups is 1. The first-order valence-electron chi connectivity index (χ1n) is 9.36. The van der Waals surface area contributed by atoms with Crippen molar-refractivity contribution < 1.29 is 14.5 Å². The Bertz CT molecular complexity index is 1060. The Balaban J connectivity index is 1.68. The Labute approximate surface area is 186 Å². The lowest BCUT2D eigenvalue weighted by Crippen LogP contribution is -2.17. The van der Waals surface area contributed by atoms with E-state index in [4.69, 9.17) is 4.74 Å². The maximum absolute atomic E-state index is 12.3. The largest absolute Gasteiger partial charge is 0.462 e. The maximum atomic E-state index is 12.3. The number of pyridine rings is 1. The van der Waals surface area contributed by atoms with Crippen LogP contribution in [0, 0.1) is 10.1 Å². The number of rotatable bonds is 9. The number of nitrogens with zero attached hydrogens (tertiary/aromatic N) is 4. The minimum absolute atomic E-state index is 0.0702. The van der Waals surface area contributed by atoms with Gasteiger partial charge in [-0.05, 0) is 25.1 Å². The molecule has 0 saturated heterocycles. The van der Waals surface area contributed by atoms with Crippen molar-refractivity contribution in [1.82, 2.24) is 15.0 Å². The van der Waals surface area contributed by atoms with Crippen LogP contribution in [0.2, 0.25) is 0 Å². The van der Waals surface area contributed by atoms with E-state index in [1.54, 1.807) is 6.92 Å². The number of esters is 1. The van der Waals surface area contributed by atoms with Gasteiger partial charge < -0.3 is 15.4 Å². The smallest absolute Gasteiger partial charge is 0.341 e. The summed E-state index contributed by atoms with van der Waals surface area (Å²) in [5.41, 5.74) is 1.43. The molecule has 10 nitrogen and oxygen atoms in total. The highest BCUT2D eigenvalue weighted by Gasteiger charge is 2.17. The number of anilines is 2. The average molecular weight is 487 g/mol. The van der Waals surface area contributed by atoms with Gasteiger partial charge in [0.15, 0.2) is 0 Å². The van der Waals surface area contributed by atoms with Gasteiger partial charge in [-0.1, -0.05) is 28.1 Å². The molecule has 0 atom stereocenters. The summed E-state index contributed by atoms with van der Waals surface area (Å²) in [6, 6.07) is 10.3. The maximum Gasteiger partial charge on any atom is 0.341 e. The SMILES string of the molecule is CCOC(=O)c1cnc(NCCNc2ccc([N+](=O)[O-])cn2)nc1-c1ccc(Br)cc1. The summed E-state index contributed by atoms with van der Waals surface area (Å²) in [6.07, 6.45) is 2.63. The van der Waals surface area contributed by atoms with Gasteiger partial charge in [-0.15, -0.1) is 0 Å². The summed E-state index contributed by atoms with van der Waals surface area (Å²) in [7, 11) is 0. The number of ether oxygens (including phenoxy) is 1. The second-order valence-corrected chi connectivity index (χ2v) is 7.11. The fraction of sp³-hybridized carbons (Fsp3) is 0.200. The van der Waals surface area contributed by atoms with Crippen LogP contribution in [0.15, 0.2) is 53.3 Å². The summed E-state index contributed by atoms with van der Waals surface area (Å²) in [4.78, 5) is 35.2. The molecule has 0 bridgehead atoms. The zero-order valence-corrected chi connectivity index (χ0v) is 18.1. The van der Waals surface area contributed by atoms with E-state index in [1.165, 1.54) is 24.5 Å². The zero-order chi connectivity index (χ0) is 22.2. The molecule has 0 aliphatic carbocycles. The molecule has 0 aliphatic rings. The predicted molar refractivity (Wildman–Crippen MR) is 119 cm³/mol. The number of carbonyl (C=O) groups is 1. The first kappa shape index (κ1) is 22.1. The Morgan fingerprint density at radius 1 is 1.10 bits per heavy atom. The van der Waals surface area contributed by atoms with Gasteiger partial charge in [-0.3, -0.25) is 10.1 Å². The third-order valence-corrected chi connectivity index (χ3v) is 4.60. The number of carbonyl (C=O) groups excluding carboxylic acids is 1. The number of benzene rings is 1. The fourth-order valence-electron chi connectivity index (χ4n) is 2.62. The van der Waals surface area contributed by atoms with Crippen molar-refractivity contribution in [3.63, 3.8) is 0 Å². The minimum Gasteiger partial charge on any atom is -0.462 e. The molecule has 3 rings (SSSR count). The number of nitrogens with one attached hydrogen (secondary N) is 2. The van der Waals surface area contributed by atoms with Crippen LogP contribution in [-0.2, 0) is 4.74 Å². The normalized spacial score (nSPS) is 10.4. The molecule has 11 heteroatoms. The van der Waals surface area contributed by atoms with E-state index in [2.05, 4.69) is 41.5 Å². The number of hydrogen-bond donors (Lipinski definition) is 2. The highest BCUT2D eigenvalue weighted by Crippen LogP contribution is 2.25. The highest BCUT2D eigenvalue weighted by atomic mass is 79.9. The van der Waals surface area contributed by atoms with E-state index in [1.807, 2.05) is 24.3 Å². The van der Waals surface area contributed by atoms with E-state index in [-0.39, 0.29) is 17.9 Å². The lowest BCUT2D eigenvalue weighted by atomic mass is 10.1. The van der Waals surface area contributed by atoms with E-state index in [0.29, 0.717) is 30.5 Å². The standard InChI is InChI=1S/C20H19BrN6O4/c1-2-31-19(28)16-12-25-20(26-18(16)13-3-5-14(21)6-4-13)23-10-9-22-17-8-7-15(11-24-17)27(29)30/h3-8,11-12H,2,9-10H2,1H3,(H,22,24)(H,23,25,26). The average Bonchev–Trinajstić information content (AvgIpc) is 2.77. The van der Waals surface area contributed by atoms with Crippen LogP contribution < -0.4 is 10.6 Å². The molecule has 0 saturated carbocycles. The summed E-state index contributed by atoms with van der Waals surface area (Å²) in [5.74, 6) is 0.379. The van der Waals surface area contributed by atoms with Crippen LogP contribution in [-0.4, -0.2) is 45.5 Å². The lowest BCUT2D eigenvalue weighted by molar-refractivity contribution is -0.385. The number of aromatic nitrogens is 3. The number of hydrogen-bond acceptors (Lipinski definition) is 9. The quantitative estimate of drug-likeness (QED) is 0.200. The van der Waals surface area contributed by atoms with Gasteiger partial charge in [0.2, 0.25) is 5.95 Å². The van der Waals surface area contributed by atoms with Crippen LogP contribution in [0.3, 0.4) is 0 Å². The molecule has 0 fully saturated rings. The van der Waals surface area contributed by atoms with Crippen LogP contribution in [0.5, 0.6) is 0 Å². The topological polar surface area (TPSA) is 132 Å². The molecule has 2 heterocycles. The molecule has 31 heavy (non-hydrogen) atoms. The van der Waals surface area contributed by atoms with Crippen molar-refractivity contribution in [3.05, 3.63) is 68.9 Å². The summed E-state index contributed by atoms with van der Waals surface area (Å²) < 4.78 is 6.03. The fourth-order valence-corrected chi connectivity index (χ4v) is 2.88. The summed E-state index contributed by atoms with van der Waals surface area (Å²) in [6.45, 7) is 2.92. The monoisotopic (exact) mass is 486 g/mol. The molecule has 0 aliphatic heterocycles. The Morgan fingerprint density at radius 3 is 2.48 bits per heavy atom. The van der Waals surface area contributed by atoms with Crippen LogP contribution in [0.25, 0.3) is 11.3 Å². The van der Waals surface area contributed by atoms with Gasteiger partial charge >= 0.3 is 5.97 Å². The van der Waals surface area contributed by atoms with Gasteiger partial charge in [-0.25, -0.2) is 19.7 Å². The molecule has 3 aromatic rings. The summed E-state index contributed by atoms with van der Waals surface area (Å²) >= 11 is 3.40. The Kier molecular flexibility index (Phi) is 7.44. The minimum atomic E-state index is -0.501.